The van der Waals surface area contributed by atoms with E-state index in [9.17, 15) is 23.4 Å². The highest BCUT2D eigenvalue weighted by Gasteiger charge is 2.60. The Labute approximate surface area is 208 Å². The Kier molecular flexibility index (Phi) is 5.23. The number of halogens is 3. The minimum absolute atomic E-state index is 0.0380. The van der Waals surface area contributed by atoms with Crippen LogP contribution in [0.3, 0.4) is 0 Å². The maximum atomic E-state index is 14.6. The molecule has 0 spiro atoms. The number of nitrogen functional groups attached to an aromatic ring is 1. The summed E-state index contributed by atoms with van der Waals surface area (Å²) in [7, 11) is 0. The first kappa shape index (κ1) is 23.7. The van der Waals surface area contributed by atoms with E-state index in [0.717, 1.165) is 33.9 Å². The maximum Gasteiger partial charge on any atom is 0.413 e. The van der Waals surface area contributed by atoms with Crippen LogP contribution in [-0.2, 0) is 0 Å². The number of nitrogens with two attached hydrogens (primary N) is 1. The predicted molar refractivity (Wildman–Crippen MR) is 134 cm³/mol. The number of nitrogens with zero attached hydrogens (tertiary/aromatic N) is 1. The summed E-state index contributed by atoms with van der Waals surface area (Å²) in [6, 6.07) is 7.60. The molecule has 1 fully saturated rings. The molecule has 1 saturated carbocycles. The minimum Gasteiger partial charge on any atom is -0.393 e. The maximum absolute atomic E-state index is 14.6. The van der Waals surface area contributed by atoms with Gasteiger partial charge in [-0.3, -0.25) is 0 Å². The highest BCUT2D eigenvalue weighted by Crippen LogP contribution is 2.64. The van der Waals surface area contributed by atoms with Crippen molar-refractivity contribution >= 4 is 22.2 Å². The normalized spacial score (nSPS) is 34.4. The number of pyridine rings is 1. The molecule has 36 heavy (non-hydrogen) atoms. The molecule has 4 aliphatic rings. The number of alkyl halides is 3. The molecule has 0 aliphatic heterocycles. The number of allylic oxidation sites excluding steroid dienone is 3. The molecule has 0 bridgehead atoms. The van der Waals surface area contributed by atoms with Crippen LogP contribution in [0.15, 0.2) is 59.3 Å². The fourth-order valence-electron chi connectivity index (χ4n) is 7.56. The van der Waals surface area contributed by atoms with Crippen LogP contribution in [0.5, 0.6) is 0 Å². The molecule has 1 heterocycles. The zero-order chi connectivity index (χ0) is 25.5. The summed E-state index contributed by atoms with van der Waals surface area (Å²) < 4.78 is 43.9. The Morgan fingerprint density at radius 3 is 2.72 bits per heavy atom. The second kappa shape index (κ2) is 7.93. The average Bonchev–Trinajstić information content (AvgIpc) is 3.10. The lowest BCUT2D eigenvalue weighted by Gasteiger charge is -2.50. The average molecular weight is 497 g/mol. The van der Waals surface area contributed by atoms with Crippen molar-refractivity contribution in [2.24, 2.45) is 17.3 Å². The van der Waals surface area contributed by atoms with Crippen LogP contribution in [0.1, 0.15) is 57.4 Å². The molecule has 1 aromatic carbocycles. The molecule has 5 atom stereocenters. The summed E-state index contributed by atoms with van der Waals surface area (Å²) in [6.07, 6.45) is 3.24. The number of anilines is 1. The van der Waals surface area contributed by atoms with Gasteiger partial charge in [-0.1, -0.05) is 36.8 Å². The number of hydrogen-bond donors (Lipinski definition) is 3. The van der Waals surface area contributed by atoms with Crippen LogP contribution >= 0.6 is 0 Å². The number of rotatable bonds is 1. The van der Waals surface area contributed by atoms with Gasteiger partial charge >= 0.3 is 6.18 Å². The molecule has 0 radical (unpaired) electrons. The molecule has 190 valence electrons. The quantitative estimate of drug-likeness (QED) is 0.446. The van der Waals surface area contributed by atoms with E-state index >= 15 is 0 Å². The third-order valence-corrected chi connectivity index (χ3v) is 9.35. The van der Waals surface area contributed by atoms with Crippen molar-refractivity contribution in [2.45, 2.75) is 69.8 Å². The van der Waals surface area contributed by atoms with Crippen molar-refractivity contribution in [3.63, 3.8) is 0 Å². The Bertz CT molecular complexity index is 1340. The van der Waals surface area contributed by atoms with E-state index in [1.54, 1.807) is 12.3 Å². The lowest BCUT2D eigenvalue weighted by molar-refractivity contribution is -0.113. The number of hydrogen-bond acceptors (Lipinski definition) is 4. The smallest absolute Gasteiger partial charge is 0.393 e. The van der Waals surface area contributed by atoms with Gasteiger partial charge in [0.1, 0.15) is 5.82 Å². The number of aliphatic hydroxyl groups excluding tert-OH is 1. The van der Waals surface area contributed by atoms with Gasteiger partial charge in [0.15, 0.2) is 0 Å². The number of fused-ring (bicyclic) bond motifs is 5. The lowest BCUT2D eigenvalue weighted by atomic mass is 9.56. The van der Waals surface area contributed by atoms with Gasteiger partial charge in [-0.15, -0.1) is 0 Å². The van der Waals surface area contributed by atoms with E-state index in [0.29, 0.717) is 37.9 Å². The largest absolute Gasteiger partial charge is 0.413 e. The van der Waals surface area contributed by atoms with Gasteiger partial charge in [0, 0.05) is 28.5 Å². The van der Waals surface area contributed by atoms with Gasteiger partial charge in [-0.2, -0.15) is 13.2 Å². The predicted octanol–water partition coefficient (Wildman–Crippen LogP) is 6.10. The second-order valence-electron chi connectivity index (χ2n) is 11.3. The first-order chi connectivity index (χ1) is 17.0. The summed E-state index contributed by atoms with van der Waals surface area (Å²) in [5, 5.41) is 24.1. The molecule has 2 aromatic rings. The van der Waals surface area contributed by atoms with Crippen molar-refractivity contribution in [1.29, 1.82) is 0 Å². The molecule has 7 heteroatoms. The van der Waals surface area contributed by atoms with Crippen molar-refractivity contribution in [3.8, 4) is 0 Å². The molecule has 4 unspecified atom stereocenters. The standard InChI is InChI=1S/C29H31F3N2O2/c1-27-15-24(29(30,31)32)23-14-19-13-20(35)4-2-16(19)8-10-28(23,36)25(27)7-6-22(27)18-3-5-21-17(12-18)9-11-34-26(21)33/h3,5-6,9,11-12,14,16,20,25,35-36H,2,4,7-8,10,13,15H2,1H3,(H2,33,34)/t16?,20?,25?,27?,28-/m1/s1. The fraction of sp³-hybridized carbons (Fsp3) is 0.483. The zero-order valence-corrected chi connectivity index (χ0v) is 20.3. The van der Waals surface area contributed by atoms with Gasteiger partial charge in [0.05, 0.1) is 11.7 Å². The Morgan fingerprint density at radius 1 is 1.14 bits per heavy atom. The third kappa shape index (κ3) is 3.46. The van der Waals surface area contributed by atoms with Crippen molar-refractivity contribution in [3.05, 3.63) is 64.9 Å². The number of benzene rings is 1. The first-order valence-corrected chi connectivity index (χ1v) is 12.8. The molecule has 4 N–H and O–H groups in total. The monoisotopic (exact) mass is 496 g/mol. The first-order valence-electron chi connectivity index (χ1n) is 12.8. The van der Waals surface area contributed by atoms with E-state index in [2.05, 4.69) is 4.98 Å². The van der Waals surface area contributed by atoms with E-state index in [1.807, 2.05) is 37.3 Å². The van der Waals surface area contributed by atoms with Gasteiger partial charge in [0.25, 0.3) is 0 Å². The Morgan fingerprint density at radius 2 is 1.94 bits per heavy atom. The Hall–Kier alpha value is -2.64. The van der Waals surface area contributed by atoms with Crippen LogP contribution < -0.4 is 5.73 Å². The van der Waals surface area contributed by atoms with Gasteiger partial charge < -0.3 is 15.9 Å². The van der Waals surface area contributed by atoms with Crippen LogP contribution in [0.4, 0.5) is 19.0 Å². The van der Waals surface area contributed by atoms with Crippen molar-refractivity contribution < 1.29 is 23.4 Å². The summed E-state index contributed by atoms with van der Waals surface area (Å²) in [4.78, 5) is 4.13. The summed E-state index contributed by atoms with van der Waals surface area (Å²) >= 11 is 0. The van der Waals surface area contributed by atoms with Gasteiger partial charge in [-0.05, 0) is 85.1 Å². The molecule has 4 nitrogen and oxygen atoms in total. The van der Waals surface area contributed by atoms with Gasteiger partial charge in [0.2, 0.25) is 0 Å². The molecular formula is C29H31F3N2O2. The van der Waals surface area contributed by atoms with E-state index < -0.39 is 28.9 Å². The summed E-state index contributed by atoms with van der Waals surface area (Å²) in [6.45, 7) is 1.89. The lowest BCUT2D eigenvalue weighted by Crippen LogP contribution is -2.51. The van der Waals surface area contributed by atoms with Crippen molar-refractivity contribution in [1.82, 2.24) is 4.98 Å². The van der Waals surface area contributed by atoms with Crippen LogP contribution in [-0.4, -0.2) is 33.1 Å². The van der Waals surface area contributed by atoms with Crippen molar-refractivity contribution in [2.75, 3.05) is 5.73 Å². The number of aliphatic hydroxyl groups is 2. The SMILES string of the molecule is CC12CC(C(F)(F)F)=C3C=C4CC(O)CCC4CC[C@]3(O)C1CC=C2c1ccc2c(N)nccc2c1. The topological polar surface area (TPSA) is 79.4 Å². The molecule has 6 rings (SSSR count). The third-order valence-electron chi connectivity index (χ3n) is 9.35. The van der Waals surface area contributed by atoms with Crippen LogP contribution in [0.2, 0.25) is 0 Å². The van der Waals surface area contributed by atoms with E-state index in [-0.39, 0.29) is 23.8 Å². The highest BCUT2D eigenvalue weighted by molar-refractivity contribution is 5.93. The Balaban J connectivity index is 1.48. The molecule has 1 aromatic heterocycles. The summed E-state index contributed by atoms with van der Waals surface area (Å²) in [5.74, 6) is 0.173. The molecule has 0 amide bonds. The molecular weight excluding hydrogens is 465 g/mol. The van der Waals surface area contributed by atoms with Gasteiger partial charge in [-0.25, -0.2) is 4.98 Å². The molecule has 4 aliphatic carbocycles. The molecule has 0 saturated heterocycles. The number of aromatic nitrogens is 1. The minimum atomic E-state index is -4.56. The van der Waals surface area contributed by atoms with E-state index in [1.165, 1.54) is 0 Å². The second-order valence-corrected chi connectivity index (χ2v) is 11.3. The summed E-state index contributed by atoms with van der Waals surface area (Å²) in [5.41, 5.74) is 5.54. The van der Waals surface area contributed by atoms with Crippen LogP contribution in [0.25, 0.3) is 16.3 Å². The highest BCUT2D eigenvalue weighted by atomic mass is 19.4. The van der Waals surface area contributed by atoms with Crippen LogP contribution in [0, 0.1) is 17.3 Å². The fourth-order valence-corrected chi connectivity index (χ4v) is 7.56. The zero-order valence-electron chi connectivity index (χ0n) is 20.3. The van der Waals surface area contributed by atoms with E-state index in [4.69, 9.17) is 5.73 Å².